The van der Waals surface area contributed by atoms with Crippen LogP contribution in [0.4, 0.5) is 14.5 Å². The molecule has 0 spiro atoms. The summed E-state index contributed by atoms with van der Waals surface area (Å²) >= 11 is 5.79. The molecule has 1 aliphatic rings. The lowest BCUT2D eigenvalue weighted by atomic mass is 9.90. The van der Waals surface area contributed by atoms with Crippen molar-refractivity contribution in [3.63, 3.8) is 0 Å². The highest BCUT2D eigenvalue weighted by molar-refractivity contribution is 6.30. The van der Waals surface area contributed by atoms with Crippen molar-refractivity contribution in [2.24, 2.45) is 5.73 Å². The van der Waals surface area contributed by atoms with Gasteiger partial charge in [0.05, 0.1) is 5.54 Å². The Kier molecular flexibility index (Phi) is 3.54. The molecule has 0 aliphatic carbocycles. The molecule has 1 aliphatic heterocycles. The highest BCUT2D eigenvalue weighted by atomic mass is 35.5. The van der Waals surface area contributed by atoms with Crippen LogP contribution in [0.1, 0.15) is 12.8 Å². The Morgan fingerprint density at radius 3 is 2.53 bits per heavy atom. The van der Waals surface area contributed by atoms with E-state index in [1.807, 2.05) is 17.0 Å². The number of benzene rings is 1. The third-order valence-electron chi connectivity index (χ3n) is 3.18. The van der Waals surface area contributed by atoms with E-state index in [-0.39, 0.29) is 6.54 Å². The summed E-state index contributed by atoms with van der Waals surface area (Å²) in [7, 11) is 0. The van der Waals surface area contributed by atoms with Crippen LogP contribution in [-0.4, -0.2) is 25.1 Å². The number of hydrogen-bond donors (Lipinski definition) is 1. The standard InChI is InChI=1S/C12H15ClF2N2/c13-9-2-4-10(5-3-9)17-7-1-6-12(16,8-17)11(14)15/h2-5,11H,1,6-8,16H2. The third-order valence-corrected chi connectivity index (χ3v) is 3.43. The molecule has 1 fully saturated rings. The Balaban J connectivity index is 2.15. The minimum absolute atomic E-state index is 0.187. The van der Waals surface area contributed by atoms with Gasteiger partial charge in [-0.2, -0.15) is 0 Å². The van der Waals surface area contributed by atoms with E-state index in [1.54, 1.807) is 12.1 Å². The highest BCUT2D eigenvalue weighted by Gasteiger charge is 2.39. The molecule has 1 saturated heterocycles. The fraction of sp³-hybridized carbons (Fsp3) is 0.500. The second kappa shape index (κ2) is 4.78. The zero-order valence-electron chi connectivity index (χ0n) is 9.37. The van der Waals surface area contributed by atoms with E-state index in [2.05, 4.69) is 0 Å². The van der Waals surface area contributed by atoms with Crippen molar-refractivity contribution in [2.45, 2.75) is 24.8 Å². The molecule has 0 radical (unpaired) electrons. The number of alkyl halides is 2. The Bertz CT molecular complexity index is 383. The number of nitrogens with two attached hydrogens (primary N) is 1. The van der Waals surface area contributed by atoms with Gasteiger partial charge in [0.1, 0.15) is 0 Å². The number of nitrogens with zero attached hydrogens (tertiary/aromatic N) is 1. The summed E-state index contributed by atoms with van der Waals surface area (Å²) in [6.07, 6.45) is -1.43. The van der Waals surface area contributed by atoms with Crippen LogP contribution in [0.3, 0.4) is 0 Å². The first-order valence-corrected chi connectivity index (χ1v) is 5.97. The maximum Gasteiger partial charge on any atom is 0.258 e. The zero-order chi connectivity index (χ0) is 12.5. The third kappa shape index (κ3) is 2.69. The Morgan fingerprint density at radius 2 is 1.94 bits per heavy atom. The first-order valence-electron chi connectivity index (χ1n) is 5.59. The molecule has 1 atom stereocenters. The SMILES string of the molecule is NC1(C(F)F)CCCN(c2ccc(Cl)cc2)C1. The lowest BCUT2D eigenvalue weighted by Crippen LogP contribution is -2.59. The van der Waals surface area contributed by atoms with Gasteiger partial charge < -0.3 is 10.6 Å². The average Bonchev–Trinajstić information content (AvgIpc) is 2.30. The van der Waals surface area contributed by atoms with E-state index in [4.69, 9.17) is 17.3 Å². The fourth-order valence-corrected chi connectivity index (χ4v) is 2.29. The summed E-state index contributed by atoms with van der Waals surface area (Å²) in [5.41, 5.74) is 5.24. The fourth-order valence-electron chi connectivity index (χ4n) is 2.16. The molecule has 1 aromatic rings. The molecule has 0 aromatic heterocycles. The lowest BCUT2D eigenvalue weighted by Gasteiger charge is -2.40. The van der Waals surface area contributed by atoms with Gasteiger partial charge in [-0.25, -0.2) is 8.78 Å². The van der Waals surface area contributed by atoms with Crippen LogP contribution < -0.4 is 10.6 Å². The first-order chi connectivity index (χ1) is 8.01. The van der Waals surface area contributed by atoms with E-state index >= 15 is 0 Å². The van der Waals surface area contributed by atoms with E-state index < -0.39 is 12.0 Å². The molecule has 0 saturated carbocycles. The normalized spacial score (nSPS) is 25.4. The number of hydrogen-bond acceptors (Lipinski definition) is 2. The largest absolute Gasteiger partial charge is 0.369 e. The molecule has 2 rings (SSSR count). The van der Waals surface area contributed by atoms with Crippen LogP contribution >= 0.6 is 11.6 Å². The molecule has 0 bridgehead atoms. The van der Waals surface area contributed by atoms with Crippen molar-refractivity contribution >= 4 is 17.3 Å². The topological polar surface area (TPSA) is 29.3 Å². The van der Waals surface area contributed by atoms with Gasteiger partial charge in [0.15, 0.2) is 0 Å². The maximum atomic E-state index is 12.9. The smallest absolute Gasteiger partial charge is 0.258 e. The Morgan fingerprint density at radius 1 is 1.29 bits per heavy atom. The van der Waals surface area contributed by atoms with Crippen LogP contribution in [0.25, 0.3) is 0 Å². The van der Waals surface area contributed by atoms with Crippen LogP contribution in [-0.2, 0) is 0 Å². The molecule has 0 amide bonds. The molecule has 1 unspecified atom stereocenters. The number of rotatable bonds is 2. The van der Waals surface area contributed by atoms with Crippen molar-refractivity contribution in [1.82, 2.24) is 0 Å². The van der Waals surface area contributed by atoms with Crippen molar-refractivity contribution < 1.29 is 8.78 Å². The van der Waals surface area contributed by atoms with Gasteiger partial charge in [-0.05, 0) is 37.1 Å². The van der Waals surface area contributed by atoms with Gasteiger partial charge >= 0.3 is 0 Å². The Hall–Kier alpha value is -0.870. The van der Waals surface area contributed by atoms with Gasteiger partial charge in [0, 0.05) is 23.8 Å². The summed E-state index contributed by atoms with van der Waals surface area (Å²) in [6, 6.07) is 7.18. The molecular weight excluding hydrogens is 246 g/mol. The van der Waals surface area contributed by atoms with Gasteiger partial charge in [-0.15, -0.1) is 0 Å². The summed E-state index contributed by atoms with van der Waals surface area (Å²) in [5, 5.41) is 0.638. The predicted octanol–water partition coefficient (Wildman–Crippen LogP) is 2.90. The number of anilines is 1. The summed E-state index contributed by atoms with van der Waals surface area (Å²) < 4.78 is 25.8. The molecule has 2 nitrogen and oxygen atoms in total. The summed E-state index contributed by atoms with van der Waals surface area (Å²) in [6.45, 7) is 0.944. The Labute approximate surface area is 104 Å². The lowest BCUT2D eigenvalue weighted by molar-refractivity contribution is 0.0448. The first kappa shape index (κ1) is 12.6. The zero-order valence-corrected chi connectivity index (χ0v) is 10.1. The van der Waals surface area contributed by atoms with Crippen LogP contribution in [0.2, 0.25) is 5.02 Å². The minimum Gasteiger partial charge on any atom is -0.369 e. The maximum absolute atomic E-state index is 12.9. The van der Waals surface area contributed by atoms with Gasteiger partial charge in [-0.3, -0.25) is 0 Å². The van der Waals surface area contributed by atoms with E-state index in [0.717, 1.165) is 12.2 Å². The second-order valence-corrected chi connectivity index (χ2v) is 4.97. The molecule has 17 heavy (non-hydrogen) atoms. The van der Waals surface area contributed by atoms with Crippen LogP contribution in [0, 0.1) is 0 Å². The van der Waals surface area contributed by atoms with Crippen molar-refractivity contribution in [3.05, 3.63) is 29.3 Å². The van der Waals surface area contributed by atoms with Gasteiger partial charge in [-0.1, -0.05) is 11.6 Å². The average molecular weight is 261 g/mol. The summed E-state index contributed by atoms with van der Waals surface area (Å²) in [5.74, 6) is 0. The summed E-state index contributed by atoms with van der Waals surface area (Å²) in [4.78, 5) is 1.89. The number of piperidine rings is 1. The monoisotopic (exact) mass is 260 g/mol. The van der Waals surface area contributed by atoms with Crippen molar-refractivity contribution in [3.8, 4) is 0 Å². The molecule has 2 N–H and O–H groups in total. The predicted molar refractivity (Wildman–Crippen MR) is 65.8 cm³/mol. The molecule has 1 heterocycles. The van der Waals surface area contributed by atoms with E-state index in [9.17, 15) is 8.78 Å². The van der Waals surface area contributed by atoms with Gasteiger partial charge in [0.2, 0.25) is 0 Å². The van der Waals surface area contributed by atoms with Crippen LogP contribution in [0.5, 0.6) is 0 Å². The molecular formula is C12H15ClF2N2. The number of halogens is 3. The van der Waals surface area contributed by atoms with E-state index in [1.165, 1.54) is 0 Å². The van der Waals surface area contributed by atoms with Crippen molar-refractivity contribution in [2.75, 3.05) is 18.0 Å². The van der Waals surface area contributed by atoms with Gasteiger partial charge in [0.25, 0.3) is 6.43 Å². The highest BCUT2D eigenvalue weighted by Crippen LogP contribution is 2.29. The quantitative estimate of drug-likeness (QED) is 0.886. The van der Waals surface area contributed by atoms with E-state index in [0.29, 0.717) is 17.9 Å². The molecule has 1 aromatic carbocycles. The molecule has 5 heteroatoms. The van der Waals surface area contributed by atoms with Crippen molar-refractivity contribution in [1.29, 1.82) is 0 Å². The second-order valence-electron chi connectivity index (χ2n) is 4.54. The molecule has 94 valence electrons. The minimum atomic E-state index is -2.49. The van der Waals surface area contributed by atoms with Crippen LogP contribution in [0.15, 0.2) is 24.3 Å².